The van der Waals surface area contributed by atoms with Crippen LogP contribution in [0.3, 0.4) is 0 Å². The second-order valence-corrected chi connectivity index (χ2v) is 12.8. The van der Waals surface area contributed by atoms with Gasteiger partial charge in [-0.3, -0.25) is 23.8 Å². The number of allylic oxidation sites excluding steroid dienone is 2. The molecule has 0 unspecified atom stereocenters. The van der Waals surface area contributed by atoms with E-state index in [4.69, 9.17) is 31.1 Å². The summed E-state index contributed by atoms with van der Waals surface area (Å²) < 4.78 is 75.1. The van der Waals surface area contributed by atoms with Crippen molar-refractivity contribution in [1.82, 2.24) is 29.9 Å². The summed E-state index contributed by atoms with van der Waals surface area (Å²) in [5.74, 6) is -0.992. The normalized spacial score (nSPS) is 12.0. The van der Waals surface area contributed by atoms with Crippen molar-refractivity contribution < 1.29 is 59.7 Å². The van der Waals surface area contributed by atoms with Crippen molar-refractivity contribution >= 4 is 33.5 Å². The monoisotopic (exact) mass is 796 g/mol. The van der Waals surface area contributed by atoms with Gasteiger partial charge in [0.15, 0.2) is 34.6 Å². The number of halogens is 2. The largest absolute Gasteiger partial charge is 0.504 e. The number of nitrogens with zero attached hydrogens (tertiary/aromatic N) is 5. The van der Waals surface area contributed by atoms with Crippen molar-refractivity contribution in [2.24, 2.45) is 0 Å². The summed E-state index contributed by atoms with van der Waals surface area (Å²) in [6.07, 6.45) is 5.48. The SMILES string of the molecule is COC(C)(C)n1cnc(/C(O)=C/C(=O)c2ccc(Cc3ccc(F)cc3)o2)n1.O=C(/C=C(\O)c1ncn[nH]1)c1ccc(Cc2ccc(F)cc2)o1.O=S(=O)(O)O. The first-order chi connectivity index (χ1) is 26.4. The molecule has 4 heterocycles. The van der Waals surface area contributed by atoms with Crippen LogP contribution in [0, 0.1) is 11.6 Å². The fraction of sp³-hybridized carbons (Fsp3) is 0.167. The van der Waals surface area contributed by atoms with Gasteiger partial charge in [0.25, 0.3) is 0 Å². The molecule has 0 aliphatic carbocycles. The summed E-state index contributed by atoms with van der Waals surface area (Å²) in [4.78, 5) is 32.1. The van der Waals surface area contributed by atoms with Crippen molar-refractivity contribution in [2.45, 2.75) is 32.4 Å². The molecule has 0 radical (unpaired) electrons. The molecule has 0 spiro atoms. The Bertz CT molecular complexity index is 2390. The number of furan rings is 2. The van der Waals surface area contributed by atoms with Gasteiger partial charge in [-0.1, -0.05) is 24.3 Å². The van der Waals surface area contributed by atoms with Gasteiger partial charge in [-0.15, -0.1) is 5.10 Å². The summed E-state index contributed by atoms with van der Waals surface area (Å²) in [7, 11) is -3.14. The smallest absolute Gasteiger partial charge is 0.394 e. The Labute approximate surface area is 317 Å². The Morgan fingerprint density at radius 2 is 1.27 bits per heavy atom. The second-order valence-electron chi connectivity index (χ2n) is 11.9. The molecule has 2 aromatic carbocycles. The molecule has 4 aromatic heterocycles. The zero-order chi connectivity index (χ0) is 41.0. The summed E-state index contributed by atoms with van der Waals surface area (Å²) >= 11 is 0. The Kier molecular flexibility index (Phi) is 14.0. The van der Waals surface area contributed by atoms with Crippen molar-refractivity contribution in [3.05, 3.63) is 155 Å². The molecule has 20 heteroatoms. The summed E-state index contributed by atoms with van der Waals surface area (Å²) in [6, 6.07) is 18.4. The van der Waals surface area contributed by atoms with Gasteiger partial charge in [-0.05, 0) is 73.5 Å². The number of aliphatic hydroxyl groups excluding tert-OH is 2. The van der Waals surface area contributed by atoms with E-state index in [-0.39, 0.29) is 46.3 Å². The van der Waals surface area contributed by atoms with Crippen LogP contribution in [0.1, 0.15) is 69.3 Å². The van der Waals surface area contributed by atoms with Gasteiger partial charge < -0.3 is 23.8 Å². The molecule has 56 heavy (non-hydrogen) atoms. The molecule has 0 atom stereocenters. The average molecular weight is 797 g/mol. The lowest BCUT2D eigenvalue weighted by Crippen LogP contribution is -2.28. The van der Waals surface area contributed by atoms with E-state index in [1.807, 2.05) is 0 Å². The van der Waals surface area contributed by atoms with Crippen LogP contribution >= 0.6 is 0 Å². The topological polar surface area (TPSA) is 257 Å². The Morgan fingerprint density at radius 3 is 1.70 bits per heavy atom. The number of hydrogen-bond acceptors (Lipinski definition) is 13. The maximum atomic E-state index is 13.0. The number of hydrogen-bond donors (Lipinski definition) is 5. The van der Waals surface area contributed by atoms with Gasteiger partial charge in [0.2, 0.25) is 17.4 Å². The minimum Gasteiger partial charge on any atom is -0.504 e. The summed E-state index contributed by atoms with van der Waals surface area (Å²) in [5, 5.41) is 30.0. The number of aliphatic hydroxyl groups is 2. The molecule has 6 rings (SSSR count). The Morgan fingerprint density at radius 1 is 0.804 bits per heavy atom. The third kappa shape index (κ3) is 13.1. The first kappa shape index (κ1) is 42.1. The van der Waals surface area contributed by atoms with Crippen LogP contribution < -0.4 is 0 Å². The maximum Gasteiger partial charge on any atom is 0.394 e. The zero-order valence-corrected chi connectivity index (χ0v) is 30.5. The van der Waals surface area contributed by atoms with Gasteiger partial charge in [-0.2, -0.15) is 13.5 Å². The molecule has 294 valence electrons. The number of methoxy groups -OCH3 is 1. The highest BCUT2D eigenvalue weighted by atomic mass is 32.3. The van der Waals surface area contributed by atoms with Crippen LogP contribution in [0.2, 0.25) is 0 Å². The van der Waals surface area contributed by atoms with Crippen molar-refractivity contribution in [2.75, 3.05) is 7.11 Å². The van der Waals surface area contributed by atoms with Crippen molar-refractivity contribution in [3.63, 3.8) is 0 Å². The van der Waals surface area contributed by atoms with Crippen LogP contribution in [0.4, 0.5) is 8.78 Å². The van der Waals surface area contributed by atoms with Crippen LogP contribution in [0.15, 0.2) is 106 Å². The number of H-pyrrole nitrogens is 1. The number of aromatic amines is 1. The highest BCUT2D eigenvalue weighted by molar-refractivity contribution is 7.79. The van der Waals surface area contributed by atoms with Gasteiger partial charge in [0.05, 0.1) is 0 Å². The van der Waals surface area contributed by atoms with Gasteiger partial charge >= 0.3 is 10.4 Å². The van der Waals surface area contributed by atoms with Gasteiger partial charge in [-0.25, -0.2) is 23.4 Å². The lowest BCUT2D eigenvalue weighted by Gasteiger charge is -2.22. The van der Waals surface area contributed by atoms with Crippen molar-refractivity contribution in [1.29, 1.82) is 0 Å². The standard InChI is InChI=1S/C20H20FN3O4.C16H12FN3O3.H2O4S/c1-20(2,27-3)24-12-22-19(23-24)17(26)11-16(25)18-9-8-15(28-18)10-13-4-6-14(21)7-5-13;17-11-3-1-10(2-4-11)7-12-5-6-15(23-12)13(21)8-14(22)16-18-9-19-20-16;1-5(2,3)4/h4-9,11-12,26H,10H2,1-3H3;1-6,8-9,22H,7H2,(H,18,19,20);(H2,1,2,3,4)/b17-11-;14-8-;. The molecular weight excluding hydrogens is 762 g/mol. The lowest BCUT2D eigenvalue weighted by molar-refractivity contribution is -0.0552. The highest BCUT2D eigenvalue weighted by Gasteiger charge is 2.22. The number of carbonyl (C=O) groups excluding carboxylic acids is 2. The Balaban J connectivity index is 0.000000225. The second kappa shape index (κ2) is 18.6. The summed E-state index contributed by atoms with van der Waals surface area (Å²) in [5.41, 5.74) is 0.967. The predicted molar refractivity (Wildman–Crippen MR) is 193 cm³/mol. The lowest BCUT2D eigenvalue weighted by atomic mass is 10.1. The third-order valence-corrected chi connectivity index (χ3v) is 7.36. The number of carbonyl (C=O) groups is 2. The molecule has 6 aromatic rings. The van der Waals surface area contributed by atoms with Gasteiger partial charge in [0.1, 0.15) is 35.8 Å². The van der Waals surface area contributed by atoms with E-state index in [2.05, 4.69) is 25.3 Å². The highest BCUT2D eigenvalue weighted by Crippen LogP contribution is 2.19. The molecule has 0 saturated carbocycles. The first-order valence-corrected chi connectivity index (χ1v) is 17.4. The molecular formula is C36H34F2N6O11S. The fourth-order valence-electron chi connectivity index (χ4n) is 4.40. The fourth-order valence-corrected chi connectivity index (χ4v) is 4.40. The molecule has 17 nitrogen and oxygen atoms in total. The van der Waals surface area contributed by atoms with E-state index in [1.54, 1.807) is 50.2 Å². The minimum absolute atomic E-state index is 0.00318. The minimum atomic E-state index is -4.67. The predicted octanol–water partition coefficient (Wildman–Crippen LogP) is 5.98. The third-order valence-electron chi connectivity index (χ3n) is 7.36. The average Bonchev–Trinajstić information content (AvgIpc) is 3.98. The number of aromatic nitrogens is 6. The molecule has 0 aliphatic rings. The molecule has 0 bridgehead atoms. The van der Waals surface area contributed by atoms with Crippen LogP contribution in [-0.4, -0.2) is 76.4 Å². The molecule has 0 saturated heterocycles. The quantitative estimate of drug-likeness (QED) is 0.0413. The molecule has 0 fully saturated rings. The van der Waals surface area contributed by atoms with E-state index >= 15 is 0 Å². The van der Waals surface area contributed by atoms with Crippen LogP contribution in [0.5, 0.6) is 0 Å². The van der Waals surface area contributed by atoms with E-state index in [9.17, 15) is 28.6 Å². The van der Waals surface area contributed by atoms with E-state index in [0.717, 1.165) is 23.3 Å². The number of ether oxygens (including phenoxy) is 1. The van der Waals surface area contributed by atoms with Gasteiger partial charge in [0, 0.05) is 32.1 Å². The van der Waals surface area contributed by atoms with Crippen LogP contribution in [-0.2, 0) is 33.7 Å². The number of benzene rings is 2. The molecule has 0 aliphatic heterocycles. The first-order valence-electron chi connectivity index (χ1n) is 16.0. The Hall–Kier alpha value is -6.61. The number of nitrogens with one attached hydrogen (secondary N) is 1. The molecule has 0 amide bonds. The van der Waals surface area contributed by atoms with E-state index in [1.165, 1.54) is 60.8 Å². The molecule has 5 N–H and O–H groups in total. The van der Waals surface area contributed by atoms with Crippen molar-refractivity contribution in [3.8, 4) is 0 Å². The van der Waals surface area contributed by atoms with E-state index in [0.29, 0.717) is 24.4 Å². The number of ketones is 2. The van der Waals surface area contributed by atoms with E-state index < -0.39 is 27.7 Å². The maximum absolute atomic E-state index is 13.0. The van der Waals surface area contributed by atoms with Crippen LogP contribution in [0.25, 0.3) is 11.5 Å². The summed E-state index contributed by atoms with van der Waals surface area (Å²) in [6.45, 7) is 3.56. The zero-order valence-electron chi connectivity index (χ0n) is 29.7. The number of rotatable bonds is 12.